The third kappa shape index (κ3) is 1.90. The Bertz CT molecular complexity index is 236. The zero-order valence-corrected chi connectivity index (χ0v) is 14.0. The minimum atomic E-state index is 0.441. The molecule has 1 atom stereocenters. The van der Waals surface area contributed by atoms with E-state index in [1.807, 2.05) is 0 Å². The third-order valence-electron chi connectivity index (χ3n) is 3.07. The van der Waals surface area contributed by atoms with Crippen molar-refractivity contribution in [2.75, 3.05) is 0 Å². The summed E-state index contributed by atoms with van der Waals surface area (Å²) in [4.78, 5) is 0. The second-order valence-electron chi connectivity index (χ2n) is 4.38. The summed E-state index contributed by atoms with van der Waals surface area (Å²) < 4.78 is 1.71. The van der Waals surface area contributed by atoms with Crippen LogP contribution in [0.15, 0.2) is 21.1 Å². The summed E-state index contributed by atoms with van der Waals surface area (Å²) in [6.07, 6.45) is 5.92. The summed E-state index contributed by atoms with van der Waals surface area (Å²) in [7, 11) is 1.30. The van der Waals surface area contributed by atoms with Gasteiger partial charge in [0.1, 0.15) is 0 Å². The van der Waals surface area contributed by atoms with Gasteiger partial charge < -0.3 is 0 Å². The molecule has 0 amide bonds. The van der Waals surface area contributed by atoms with Gasteiger partial charge in [-0.2, -0.15) is 0 Å². The van der Waals surface area contributed by atoms with Crippen LogP contribution in [-0.4, -0.2) is 10.2 Å². The predicted octanol–water partition coefficient (Wildman–Crippen LogP) is 1.95. The van der Waals surface area contributed by atoms with Crippen molar-refractivity contribution in [3.05, 3.63) is 21.1 Å². The standard InChI is InChI=1S/C10H17Si.Hf/c1-8(11)10(2,3)9-6-4-5-7-9;/h4,6,8H,5H2,1-3,11H3;. The van der Waals surface area contributed by atoms with Crippen molar-refractivity contribution in [1.29, 1.82) is 0 Å². The first-order valence-electron chi connectivity index (χ1n) is 4.58. The topological polar surface area (TPSA) is 0 Å². The van der Waals surface area contributed by atoms with Crippen LogP contribution in [0, 0.1) is 5.41 Å². The second-order valence-corrected chi connectivity index (χ2v) is 8.28. The molecule has 0 saturated carbocycles. The molecular weight excluding hydrogens is 327 g/mol. The van der Waals surface area contributed by atoms with Crippen LogP contribution in [0.5, 0.6) is 0 Å². The molecule has 0 saturated heterocycles. The maximum absolute atomic E-state index is 2.40. The van der Waals surface area contributed by atoms with Crippen LogP contribution in [0.4, 0.5) is 0 Å². The molecule has 0 fully saturated rings. The fourth-order valence-corrected chi connectivity index (χ4v) is 3.61. The van der Waals surface area contributed by atoms with E-state index in [1.165, 1.54) is 41.0 Å². The number of hydrogen-bond donors (Lipinski definition) is 0. The number of rotatable bonds is 2. The average Bonchev–Trinajstić information content (AvgIpc) is 2.35. The molecule has 0 radical (unpaired) electrons. The van der Waals surface area contributed by atoms with Crippen LogP contribution < -0.4 is 0 Å². The van der Waals surface area contributed by atoms with Crippen LogP contribution in [0.1, 0.15) is 27.2 Å². The first-order chi connectivity index (χ1) is 5.46. The Morgan fingerprint density at radius 2 is 2.17 bits per heavy atom. The minimum absolute atomic E-state index is 0.441. The fourth-order valence-electron chi connectivity index (χ4n) is 1.42. The van der Waals surface area contributed by atoms with Gasteiger partial charge in [-0.25, -0.2) is 0 Å². The molecular formula is C10H17HfSi. The Morgan fingerprint density at radius 3 is 2.50 bits per heavy atom. The van der Waals surface area contributed by atoms with Crippen LogP contribution in [0.2, 0.25) is 5.54 Å². The van der Waals surface area contributed by atoms with E-state index in [2.05, 4.69) is 32.9 Å². The molecule has 1 aliphatic rings. The van der Waals surface area contributed by atoms with Gasteiger partial charge in [0.15, 0.2) is 0 Å². The van der Waals surface area contributed by atoms with Gasteiger partial charge in [-0.1, -0.05) is 0 Å². The summed E-state index contributed by atoms with van der Waals surface area (Å²) in [5.41, 5.74) is 2.96. The normalized spacial score (nSPS) is 20.5. The van der Waals surface area contributed by atoms with E-state index in [9.17, 15) is 0 Å². The van der Waals surface area contributed by atoms with E-state index in [0.29, 0.717) is 5.41 Å². The van der Waals surface area contributed by atoms with Gasteiger partial charge in [0.05, 0.1) is 0 Å². The van der Waals surface area contributed by atoms with Crippen LogP contribution in [0.3, 0.4) is 0 Å². The number of hydrogen-bond acceptors (Lipinski definition) is 0. The molecule has 12 heavy (non-hydrogen) atoms. The van der Waals surface area contributed by atoms with Crippen LogP contribution in [0.25, 0.3) is 0 Å². The molecule has 0 heterocycles. The van der Waals surface area contributed by atoms with E-state index in [-0.39, 0.29) is 0 Å². The van der Waals surface area contributed by atoms with Crippen molar-refractivity contribution in [1.82, 2.24) is 0 Å². The molecule has 0 nitrogen and oxygen atoms in total. The summed E-state index contributed by atoms with van der Waals surface area (Å²) in [5, 5.41) is 0. The molecule has 65 valence electrons. The Labute approximate surface area is 93.5 Å². The van der Waals surface area contributed by atoms with Gasteiger partial charge in [-0.05, 0) is 0 Å². The molecule has 2 heteroatoms. The summed E-state index contributed by atoms with van der Waals surface area (Å²) in [6, 6.07) is 0. The average molecular weight is 344 g/mol. The quantitative estimate of drug-likeness (QED) is 0.672. The Hall–Kier alpha value is 0.567. The van der Waals surface area contributed by atoms with Crippen molar-refractivity contribution >= 4 is 10.2 Å². The molecule has 0 bridgehead atoms. The third-order valence-corrected chi connectivity index (χ3v) is 6.21. The van der Waals surface area contributed by atoms with Crippen molar-refractivity contribution in [3.8, 4) is 0 Å². The predicted molar refractivity (Wildman–Crippen MR) is 53.9 cm³/mol. The molecule has 1 aliphatic carbocycles. The van der Waals surface area contributed by atoms with Crippen LogP contribution >= 0.6 is 0 Å². The van der Waals surface area contributed by atoms with Gasteiger partial charge in [0.2, 0.25) is 0 Å². The summed E-state index contributed by atoms with van der Waals surface area (Å²) >= 11 is 1.25. The Balaban J connectivity index is 2.95. The molecule has 1 rings (SSSR count). The second kappa shape index (κ2) is 3.75. The zero-order chi connectivity index (χ0) is 9.35. The van der Waals surface area contributed by atoms with E-state index in [0.717, 1.165) is 5.54 Å². The SMILES string of the molecule is CC([SiH3])C(C)(C)C1=[C]([Hf])CC=C1. The van der Waals surface area contributed by atoms with E-state index in [1.54, 1.807) is 8.90 Å². The van der Waals surface area contributed by atoms with Crippen molar-refractivity contribution < 1.29 is 24.4 Å². The van der Waals surface area contributed by atoms with Crippen molar-refractivity contribution in [2.45, 2.75) is 32.7 Å². The zero-order valence-electron chi connectivity index (χ0n) is 8.44. The maximum atomic E-state index is 2.40. The Kier molecular flexibility index (Phi) is 3.32. The first kappa shape index (κ1) is 10.6. The van der Waals surface area contributed by atoms with Crippen molar-refractivity contribution in [3.63, 3.8) is 0 Å². The van der Waals surface area contributed by atoms with Gasteiger partial charge in [-0.15, -0.1) is 0 Å². The van der Waals surface area contributed by atoms with E-state index >= 15 is 0 Å². The molecule has 0 spiro atoms. The molecule has 0 aromatic rings. The molecule has 0 aliphatic heterocycles. The monoisotopic (exact) mass is 345 g/mol. The molecule has 0 aromatic heterocycles. The van der Waals surface area contributed by atoms with Gasteiger partial charge in [0.25, 0.3) is 0 Å². The summed E-state index contributed by atoms with van der Waals surface area (Å²) in [6.45, 7) is 7.17. The number of allylic oxidation sites excluding steroid dienone is 4. The fraction of sp³-hybridized carbons (Fsp3) is 0.600. The Morgan fingerprint density at radius 1 is 1.58 bits per heavy atom. The van der Waals surface area contributed by atoms with Gasteiger partial charge in [-0.3, -0.25) is 0 Å². The first-order valence-corrected chi connectivity index (χ1v) is 7.53. The van der Waals surface area contributed by atoms with Crippen molar-refractivity contribution in [2.24, 2.45) is 5.41 Å². The van der Waals surface area contributed by atoms with Gasteiger partial charge in [0, 0.05) is 0 Å². The van der Waals surface area contributed by atoms with Gasteiger partial charge >= 0.3 is 93.8 Å². The van der Waals surface area contributed by atoms with E-state index < -0.39 is 0 Å². The molecule has 0 N–H and O–H groups in total. The molecule has 1 unspecified atom stereocenters. The van der Waals surface area contributed by atoms with E-state index in [4.69, 9.17) is 0 Å². The molecule has 0 aromatic carbocycles. The van der Waals surface area contributed by atoms with Crippen LogP contribution in [-0.2, 0) is 24.4 Å². The summed E-state index contributed by atoms with van der Waals surface area (Å²) in [5.74, 6) is 0.